The third-order valence-corrected chi connectivity index (χ3v) is 4.61. The number of carbonyl (C=O) groups excluding carboxylic acids is 2. The Bertz CT molecular complexity index is 837. The van der Waals surface area contributed by atoms with Crippen molar-refractivity contribution in [1.82, 2.24) is 9.78 Å². The lowest BCUT2D eigenvalue weighted by molar-refractivity contribution is 0.0526. The van der Waals surface area contributed by atoms with Crippen LogP contribution >= 0.6 is 11.3 Å². The van der Waals surface area contributed by atoms with Gasteiger partial charge in [-0.2, -0.15) is 5.10 Å². The molecule has 25 heavy (non-hydrogen) atoms. The first-order valence-electron chi connectivity index (χ1n) is 7.67. The molecule has 1 amide bonds. The number of hydrogen-bond donors (Lipinski definition) is 2. The third-order valence-electron chi connectivity index (χ3n) is 3.55. The molecule has 0 atom stereocenters. The number of carboxylic acids is 1. The van der Waals surface area contributed by atoms with Crippen molar-refractivity contribution in [2.24, 2.45) is 7.05 Å². The van der Waals surface area contributed by atoms with Crippen molar-refractivity contribution >= 4 is 34.2 Å². The van der Waals surface area contributed by atoms with Crippen molar-refractivity contribution in [2.75, 3.05) is 11.9 Å². The molecule has 0 saturated carbocycles. The van der Waals surface area contributed by atoms with Gasteiger partial charge >= 0.3 is 11.9 Å². The van der Waals surface area contributed by atoms with Gasteiger partial charge in [-0.1, -0.05) is 6.92 Å². The lowest BCUT2D eigenvalue weighted by Crippen LogP contribution is -2.17. The van der Waals surface area contributed by atoms with Gasteiger partial charge in [-0.3, -0.25) is 9.48 Å². The second-order valence-electron chi connectivity index (χ2n) is 5.24. The van der Waals surface area contributed by atoms with Crippen molar-refractivity contribution in [1.29, 1.82) is 0 Å². The van der Waals surface area contributed by atoms with Crippen LogP contribution in [0, 0.1) is 6.92 Å². The van der Waals surface area contributed by atoms with Crippen LogP contribution in [-0.4, -0.2) is 39.3 Å². The monoisotopic (exact) mass is 365 g/mol. The van der Waals surface area contributed by atoms with Crippen LogP contribution in [0.5, 0.6) is 0 Å². The molecule has 0 spiro atoms. The Morgan fingerprint density at radius 1 is 1.36 bits per heavy atom. The van der Waals surface area contributed by atoms with E-state index in [0.29, 0.717) is 17.0 Å². The zero-order valence-electron chi connectivity index (χ0n) is 14.4. The fourth-order valence-corrected chi connectivity index (χ4v) is 3.62. The van der Waals surface area contributed by atoms with Gasteiger partial charge in [0.1, 0.15) is 5.00 Å². The lowest BCUT2D eigenvalue weighted by atomic mass is 10.1. The highest BCUT2D eigenvalue weighted by Gasteiger charge is 2.26. The summed E-state index contributed by atoms with van der Waals surface area (Å²) in [6.45, 7) is 5.69. The van der Waals surface area contributed by atoms with Crippen molar-refractivity contribution in [2.45, 2.75) is 27.2 Å². The van der Waals surface area contributed by atoms with Crippen molar-refractivity contribution in [3.63, 3.8) is 0 Å². The van der Waals surface area contributed by atoms with Gasteiger partial charge in [0.2, 0.25) is 0 Å². The summed E-state index contributed by atoms with van der Waals surface area (Å²) >= 11 is 1.26. The van der Waals surface area contributed by atoms with E-state index in [1.165, 1.54) is 29.3 Å². The molecular weight excluding hydrogens is 346 g/mol. The largest absolute Gasteiger partial charge is 0.476 e. The summed E-state index contributed by atoms with van der Waals surface area (Å²) in [6, 6.07) is 0. The highest BCUT2D eigenvalue weighted by atomic mass is 32.1. The predicted molar refractivity (Wildman–Crippen MR) is 92.5 cm³/mol. The molecule has 0 bridgehead atoms. The fourth-order valence-electron chi connectivity index (χ4n) is 2.49. The molecule has 2 N–H and O–H groups in total. The summed E-state index contributed by atoms with van der Waals surface area (Å²) in [4.78, 5) is 36.9. The van der Waals surface area contributed by atoms with E-state index in [1.54, 1.807) is 6.92 Å². The van der Waals surface area contributed by atoms with Gasteiger partial charge < -0.3 is 15.2 Å². The molecule has 134 valence electrons. The predicted octanol–water partition coefficient (Wildman–Crippen LogP) is 2.48. The van der Waals surface area contributed by atoms with Crippen LogP contribution in [0.3, 0.4) is 0 Å². The maximum absolute atomic E-state index is 12.5. The van der Waals surface area contributed by atoms with Crippen LogP contribution in [-0.2, 0) is 18.2 Å². The average Bonchev–Trinajstić information content (AvgIpc) is 3.07. The van der Waals surface area contributed by atoms with Gasteiger partial charge in [0.25, 0.3) is 5.91 Å². The number of nitrogens with one attached hydrogen (secondary N) is 1. The molecule has 0 aliphatic heterocycles. The molecule has 0 radical (unpaired) electrons. The van der Waals surface area contributed by atoms with E-state index in [9.17, 15) is 14.4 Å². The van der Waals surface area contributed by atoms with E-state index in [4.69, 9.17) is 9.84 Å². The van der Waals surface area contributed by atoms with Crippen LogP contribution in [0.4, 0.5) is 5.00 Å². The minimum absolute atomic E-state index is 0.0751. The van der Waals surface area contributed by atoms with Crippen LogP contribution in [0.25, 0.3) is 0 Å². The average molecular weight is 365 g/mol. The maximum atomic E-state index is 12.5. The SMILES string of the molecule is CCOC(=O)c1c(NC(=O)c2cn(C)nc2C(=O)O)sc(C)c1CC. The Balaban J connectivity index is 2.42. The summed E-state index contributed by atoms with van der Waals surface area (Å²) in [7, 11) is 1.53. The van der Waals surface area contributed by atoms with E-state index in [1.807, 2.05) is 13.8 Å². The van der Waals surface area contributed by atoms with Gasteiger partial charge in [-0.25, -0.2) is 9.59 Å². The van der Waals surface area contributed by atoms with E-state index in [-0.39, 0.29) is 17.9 Å². The smallest absolute Gasteiger partial charge is 0.357 e. The molecule has 0 aliphatic rings. The second-order valence-corrected chi connectivity index (χ2v) is 6.46. The number of hydrogen-bond acceptors (Lipinski definition) is 6. The number of esters is 1. The summed E-state index contributed by atoms with van der Waals surface area (Å²) in [5.74, 6) is -2.45. The number of carbonyl (C=O) groups is 3. The van der Waals surface area contributed by atoms with Gasteiger partial charge in [0.15, 0.2) is 5.69 Å². The minimum atomic E-state index is -1.30. The number of anilines is 1. The maximum Gasteiger partial charge on any atom is 0.357 e. The molecule has 2 aromatic rings. The van der Waals surface area contributed by atoms with Crippen LogP contribution in [0.1, 0.15) is 55.5 Å². The summed E-state index contributed by atoms with van der Waals surface area (Å²) in [6.07, 6.45) is 1.93. The lowest BCUT2D eigenvalue weighted by Gasteiger charge is -2.07. The number of aryl methyl sites for hydroxylation is 2. The summed E-state index contributed by atoms with van der Waals surface area (Å²) in [5.41, 5.74) is 0.708. The van der Waals surface area contributed by atoms with Crippen LogP contribution in [0.2, 0.25) is 0 Å². The highest BCUT2D eigenvalue weighted by Crippen LogP contribution is 2.34. The number of nitrogens with zero attached hydrogens (tertiary/aromatic N) is 2. The molecule has 9 heteroatoms. The van der Waals surface area contributed by atoms with Gasteiger partial charge in [-0.05, 0) is 25.8 Å². The molecule has 0 unspecified atom stereocenters. The number of carboxylic acid groups (broad SMARTS) is 1. The normalized spacial score (nSPS) is 10.6. The van der Waals surface area contributed by atoms with E-state index < -0.39 is 17.8 Å². The Morgan fingerprint density at radius 2 is 2.04 bits per heavy atom. The summed E-state index contributed by atoms with van der Waals surface area (Å²) < 4.78 is 6.34. The highest BCUT2D eigenvalue weighted by molar-refractivity contribution is 7.16. The fraction of sp³-hybridized carbons (Fsp3) is 0.375. The van der Waals surface area contributed by atoms with Crippen molar-refractivity contribution < 1.29 is 24.2 Å². The van der Waals surface area contributed by atoms with E-state index in [0.717, 1.165) is 10.4 Å². The zero-order valence-corrected chi connectivity index (χ0v) is 15.2. The number of aromatic carboxylic acids is 1. The van der Waals surface area contributed by atoms with E-state index in [2.05, 4.69) is 10.4 Å². The Morgan fingerprint density at radius 3 is 2.60 bits per heavy atom. The van der Waals surface area contributed by atoms with Gasteiger partial charge in [0.05, 0.1) is 17.7 Å². The van der Waals surface area contributed by atoms with Gasteiger partial charge in [0, 0.05) is 18.1 Å². The number of ether oxygens (including phenoxy) is 1. The van der Waals surface area contributed by atoms with Crippen LogP contribution < -0.4 is 5.32 Å². The molecular formula is C16H19N3O5S. The minimum Gasteiger partial charge on any atom is -0.476 e. The molecule has 0 fully saturated rings. The number of thiophene rings is 1. The van der Waals surface area contributed by atoms with Crippen molar-refractivity contribution in [3.05, 3.63) is 33.5 Å². The third kappa shape index (κ3) is 3.71. The van der Waals surface area contributed by atoms with Crippen molar-refractivity contribution in [3.8, 4) is 0 Å². The first-order chi connectivity index (χ1) is 11.8. The molecule has 2 heterocycles. The Labute approximate surface area is 148 Å². The summed E-state index contributed by atoms with van der Waals surface area (Å²) in [5, 5.41) is 15.9. The first-order valence-corrected chi connectivity index (χ1v) is 8.49. The first kappa shape index (κ1) is 18.7. The number of amides is 1. The quantitative estimate of drug-likeness (QED) is 0.761. The zero-order chi connectivity index (χ0) is 18.7. The molecule has 2 aromatic heterocycles. The molecule has 0 saturated heterocycles. The standard InChI is InChI=1S/C16H19N3O5S/c1-5-9-8(3)25-14(11(9)16(23)24-6-2)17-13(20)10-7-19(4)18-12(10)15(21)22/h7H,5-6H2,1-4H3,(H,17,20)(H,21,22). The Hall–Kier alpha value is -2.68. The Kier molecular flexibility index (Phi) is 5.58. The van der Waals surface area contributed by atoms with Crippen LogP contribution in [0.15, 0.2) is 6.20 Å². The molecule has 2 rings (SSSR count). The topological polar surface area (TPSA) is 111 Å². The second kappa shape index (κ2) is 7.47. The number of rotatable bonds is 6. The number of aromatic nitrogens is 2. The molecule has 8 nitrogen and oxygen atoms in total. The van der Waals surface area contributed by atoms with Gasteiger partial charge in [-0.15, -0.1) is 11.3 Å². The molecule has 0 aromatic carbocycles. The van der Waals surface area contributed by atoms with E-state index >= 15 is 0 Å². The molecule has 0 aliphatic carbocycles.